The van der Waals surface area contributed by atoms with Crippen LogP contribution in [0, 0.1) is 0 Å². The highest BCUT2D eigenvalue weighted by molar-refractivity contribution is 5.61. The van der Waals surface area contributed by atoms with Crippen LogP contribution in [0.1, 0.15) is 0 Å². The van der Waals surface area contributed by atoms with Gasteiger partial charge in [0.05, 0.1) is 0 Å². The minimum absolute atomic E-state index is 0.175. The van der Waals surface area contributed by atoms with E-state index in [1.54, 1.807) is 31.3 Å². The molecule has 0 spiro atoms. The molecule has 5 nitrogen and oxygen atoms in total. The number of aromatic hydroxyl groups is 1. The maximum Gasteiger partial charge on any atom is 0.163 e. The second-order valence-corrected chi connectivity index (χ2v) is 3.30. The molecule has 1 heterocycles. The third kappa shape index (κ3) is 2.03. The molecule has 16 heavy (non-hydrogen) atoms. The van der Waals surface area contributed by atoms with Crippen LogP contribution in [0.5, 0.6) is 5.75 Å². The van der Waals surface area contributed by atoms with Gasteiger partial charge in [-0.3, -0.25) is 0 Å². The summed E-state index contributed by atoms with van der Waals surface area (Å²) in [6.45, 7) is 0. The highest BCUT2D eigenvalue weighted by Crippen LogP contribution is 2.22. The number of nitrogens with two attached hydrogens (primary N) is 1. The van der Waals surface area contributed by atoms with Gasteiger partial charge in [-0.1, -0.05) is 12.1 Å². The molecule has 0 radical (unpaired) electrons. The highest BCUT2D eigenvalue weighted by atomic mass is 16.3. The number of hydrogen-bond acceptors (Lipinski definition) is 5. The zero-order chi connectivity index (χ0) is 11.5. The van der Waals surface area contributed by atoms with Gasteiger partial charge >= 0.3 is 0 Å². The normalized spacial score (nSPS) is 10.1. The summed E-state index contributed by atoms with van der Waals surface area (Å²) in [7, 11) is 1.76. The fraction of sp³-hybridized carbons (Fsp3) is 0.0909. The van der Waals surface area contributed by atoms with Gasteiger partial charge in [0.15, 0.2) is 5.82 Å². The molecule has 4 N–H and O–H groups in total. The maximum absolute atomic E-state index is 9.37. The van der Waals surface area contributed by atoms with Gasteiger partial charge in [0.2, 0.25) is 0 Å². The van der Waals surface area contributed by atoms with E-state index in [-0.39, 0.29) is 5.75 Å². The van der Waals surface area contributed by atoms with Crippen molar-refractivity contribution in [2.75, 3.05) is 18.1 Å². The fourth-order valence-electron chi connectivity index (χ4n) is 1.37. The number of benzene rings is 1. The molecule has 0 saturated carbocycles. The third-order valence-electron chi connectivity index (χ3n) is 2.11. The minimum atomic E-state index is 0.175. The van der Waals surface area contributed by atoms with Crippen molar-refractivity contribution in [3.8, 4) is 17.1 Å². The number of hydrogen-bond donors (Lipinski definition) is 3. The van der Waals surface area contributed by atoms with E-state index in [2.05, 4.69) is 15.3 Å². The predicted molar refractivity (Wildman–Crippen MR) is 63.1 cm³/mol. The van der Waals surface area contributed by atoms with Crippen LogP contribution in [0.15, 0.2) is 30.3 Å². The van der Waals surface area contributed by atoms with Gasteiger partial charge in [-0.25, -0.2) is 9.97 Å². The Labute approximate surface area is 93.0 Å². The van der Waals surface area contributed by atoms with Crippen LogP contribution in [0.3, 0.4) is 0 Å². The summed E-state index contributed by atoms with van der Waals surface area (Å²) in [5.74, 6) is 1.69. The lowest BCUT2D eigenvalue weighted by atomic mass is 10.2. The van der Waals surface area contributed by atoms with E-state index in [4.69, 9.17) is 5.73 Å². The molecular weight excluding hydrogens is 204 g/mol. The predicted octanol–water partition coefficient (Wildman–Crippen LogP) is 1.47. The van der Waals surface area contributed by atoms with Crippen LogP contribution in [0.2, 0.25) is 0 Å². The number of aromatic nitrogens is 2. The van der Waals surface area contributed by atoms with Gasteiger partial charge in [0.25, 0.3) is 0 Å². The zero-order valence-electron chi connectivity index (χ0n) is 8.81. The molecule has 0 saturated heterocycles. The van der Waals surface area contributed by atoms with Crippen LogP contribution < -0.4 is 11.1 Å². The van der Waals surface area contributed by atoms with Gasteiger partial charge < -0.3 is 16.2 Å². The van der Waals surface area contributed by atoms with Crippen LogP contribution in [0.4, 0.5) is 11.6 Å². The molecule has 2 rings (SSSR count). The Morgan fingerprint density at radius 3 is 2.75 bits per heavy atom. The highest BCUT2D eigenvalue weighted by Gasteiger charge is 2.05. The van der Waals surface area contributed by atoms with Crippen molar-refractivity contribution >= 4 is 11.6 Å². The monoisotopic (exact) mass is 216 g/mol. The fourth-order valence-corrected chi connectivity index (χ4v) is 1.37. The van der Waals surface area contributed by atoms with Crippen molar-refractivity contribution in [1.29, 1.82) is 0 Å². The van der Waals surface area contributed by atoms with Crippen molar-refractivity contribution < 1.29 is 5.11 Å². The lowest BCUT2D eigenvalue weighted by Crippen LogP contribution is -2.00. The Balaban J connectivity index is 2.51. The van der Waals surface area contributed by atoms with Crippen molar-refractivity contribution in [3.63, 3.8) is 0 Å². The standard InChI is InChI=1S/C11H12N4O/c1-13-10-6-9(12)14-11(15-10)7-3-2-4-8(16)5-7/h2-6,16H,1H3,(H3,12,13,14,15). The van der Waals surface area contributed by atoms with Gasteiger partial charge in [-0.15, -0.1) is 0 Å². The quantitative estimate of drug-likeness (QED) is 0.708. The molecule has 0 aliphatic rings. The Bertz CT molecular complexity index is 513. The molecule has 1 aromatic carbocycles. The summed E-state index contributed by atoms with van der Waals surface area (Å²) < 4.78 is 0. The van der Waals surface area contributed by atoms with Gasteiger partial charge in [0.1, 0.15) is 17.4 Å². The molecule has 5 heteroatoms. The van der Waals surface area contributed by atoms with E-state index >= 15 is 0 Å². The first-order valence-corrected chi connectivity index (χ1v) is 4.81. The van der Waals surface area contributed by atoms with Crippen LogP contribution >= 0.6 is 0 Å². The second-order valence-electron chi connectivity index (χ2n) is 3.30. The van der Waals surface area contributed by atoms with E-state index in [1.165, 1.54) is 0 Å². The Hall–Kier alpha value is -2.30. The average molecular weight is 216 g/mol. The molecule has 0 bridgehead atoms. The molecule has 0 fully saturated rings. The van der Waals surface area contributed by atoms with E-state index < -0.39 is 0 Å². The van der Waals surface area contributed by atoms with Crippen molar-refractivity contribution in [2.24, 2.45) is 0 Å². The summed E-state index contributed by atoms with van der Waals surface area (Å²) in [6.07, 6.45) is 0. The number of nitrogen functional groups attached to an aromatic ring is 1. The number of nitrogens with one attached hydrogen (secondary N) is 1. The number of rotatable bonds is 2. The Kier molecular flexibility index (Phi) is 2.59. The van der Waals surface area contributed by atoms with Crippen LogP contribution in [0.25, 0.3) is 11.4 Å². The SMILES string of the molecule is CNc1cc(N)nc(-c2cccc(O)c2)n1. The summed E-state index contributed by atoms with van der Waals surface area (Å²) in [6, 6.07) is 8.37. The van der Waals surface area contributed by atoms with Crippen molar-refractivity contribution in [3.05, 3.63) is 30.3 Å². The number of phenols is 1. The summed E-state index contributed by atoms with van der Waals surface area (Å²) in [5, 5.41) is 12.3. The van der Waals surface area contributed by atoms with Gasteiger partial charge in [-0.2, -0.15) is 0 Å². The number of anilines is 2. The van der Waals surface area contributed by atoms with Crippen molar-refractivity contribution in [1.82, 2.24) is 9.97 Å². The minimum Gasteiger partial charge on any atom is -0.508 e. The van der Waals surface area contributed by atoms with E-state index in [9.17, 15) is 5.11 Å². The Morgan fingerprint density at radius 2 is 2.06 bits per heavy atom. The summed E-state index contributed by atoms with van der Waals surface area (Å²) in [5.41, 5.74) is 6.38. The van der Waals surface area contributed by atoms with E-state index in [0.29, 0.717) is 17.5 Å². The summed E-state index contributed by atoms with van der Waals surface area (Å²) >= 11 is 0. The molecule has 0 atom stereocenters. The second kappa shape index (κ2) is 4.06. The van der Waals surface area contributed by atoms with Crippen molar-refractivity contribution in [2.45, 2.75) is 0 Å². The average Bonchev–Trinajstić information content (AvgIpc) is 2.28. The molecular formula is C11H12N4O. The molecule has 2 aromatic rings. The first-order chi connectivity index (χ1) is 7.69. The van der Waals surface area contributed by atoms with Crippen LogP contribution in [-0.2, 0) is 0 Å². The van der Waals surface area contributed by atoms with E-state index in [1.807, 2.05) is 6.07 Å². The molecule has 0 aliphatic heterocycles. The zero-order valence-corrected chi connectivity index (χ0v) is 8.81. The lowest BCUT2D eigenvalue weighted by Gasteiger charge is -2.05. The molecule has 1 aromatic heterocycles. The third-order valence-corrected chi connectivity index (χ3v) is 2.11. The summed E-state index contributed by atoms with van der Waals surface area (Å²) in [4.78, 5) is 8.36. The molecule has 0 aliphatic carbocycles. The van der Waals surface area contributed by atoms with Gasteiger partial charge in [0, 0.05) is 18.7 Å². The number of phenolic OH excluding ortho intramolecular Hbond substituents is 1. The van der Waals surface area contributed by atoms with Gasteiger partial charge in [-0.05, 0) is 12.1 Å². The Morgan fingerprint density at radius 1 is 1.25 bits per heavy atom. The van der Waals surface area contributed by atoms with E-state index in [0.717, 1.165) is 5.56 Å². The van der Waals surface area contributed by atoms with Crippen LogP contribution in [-0.4, -0.2) is 22.1 Å². The topological polar surface area (TPSA) is 84.1 Å². The lowest BCUT2D eigenvalue weighted by molar-refractivity contribution is 0.475. The molecule has 0 amide bonds. The molecule has 82 valence electrons. The maximum atomic E-state index is 9.37. The first kappa shape index (κ1) is 10.2. The number of nitrogens with zero attached hydrogens (tertiary/aromatic N) is 2. The largest absolute Gasteiger partial charge is 0.508 e. The smallest absolute Gasteiger partial charge is 0.163 e. The molecule has 0 unspecified atom stereocenters. The first-order valence-electron chi connectivity index (χ1n) is 4.81.